The van der Waals surface area contributed by atoms with E-state index in [-0.39, 0.29) is 16.6 Å². The predicted molar refractivity (Wildman–Crippen MR) is 133 cm³/mol. The maximum absolute atomic E-state index is 14.1. The number of hydrogen-bond acceptors (Lipinski definition) is 5. The van der Waals surface area contributed by atoms with E-state index in [1.807, 2.05) is 54.6 Å². The molecule has 170 valence electrons. The van der Waals surface area contributed by atoms with Crippen molar-refractivity contribution in [3.63, 3.8) is 0 Å². The van der Waals surface area contributed by atoms with Crippen LogP contribution in [0.5, 0.6) is 0 Å². The number of amides is 2. The van der Waals surface area contributed by atoms with Crippen molar-refractivity contribution in [3.05, 3.63) is 94.8 Å². The number of aliphatic imine (C=N–C) groups is 2. The van der Waals surface area contributed by atoms with Crippen LogP contribution < -0.4 is 5.32 Å². The summed E-state index contributed by atoms with van der Waals surface area (Å²) in [5.41, 5.74) is 2.22. The number of para-hydroxylation sites is 1. The van der Waals surface area contributed by atoms with E-state index < -0.39 is 23.0 Å². The average Bonchev–Trinajstić information content (AvgIpc) is 3.19. The molecule has 0 aliphatic carbocycles. The van der Waals surface area contributed by atoms with Gasteiger partial charge in [0.1, 0.15) is 11.7 Å². The summed E-state index contributed by atoms with van der Waals surface area (Å²) in [6.07, 6.45) is 0. The van der Waals surface area contributed by atoms with Crippen LogP contribution in [-0.2, 0) is 9.59 Å². The number of hydrogen-bond donors (Lipinski definition) is 1. The Labute approximate surface area is 204 Å². The Morgan fingerprint density at radius 2 is 1.85 bits per heavy atom. The maximum Gasteiger partial charge on any atom is 0.263 e. The third-order valence-corrected chi connectivity index (χ3v) is 6.71. The molecule has 0 saturated heterocycles. The Morgan fingerprint density at radius 1 is 1.12 bits per heavy atom. The second-order valence-corrected chi connectivity index (χ2v) is 9.47. The smallest absolute Gasteiger partial charge is 0.263 e. The Kier molecular flexibility index (Phi) is 5.93. The molecule has 0 bridgehead atoms. The van der Waals surface area contributed by atoms with Crippen molar-refractivity contribution in [2.45, 2.75) is 18.2 Å². The van der Waals surface area contributed by atoms with E-state index in [9.17, 15) is 14.0 Å². The van der Waals surface area contributed by atoms with E-state index >= 15 is 0 Å². The molecule has 5 rings (SSSR count). The minimum atomic E-state index is -0.694. The summed E-state index contributed by atoms with van der Waals surface area (Å²) >= 11 is 6.90. The van der Waals surface area contributed by atoms with Gasteiger partial charge in [-0.25, -0.2) is 19.3 Å². The molecule has 1 N–H and O–H groups in total. The number of carbonyl (C=O) groups is 2. The van der Waals surface area contributed by atoms with Crippen molar-refractivity contribution in [1.29, 1.82) is 0 Å². The molecule has 0 spiro atoms. The van der Waals surface area contributed by atoms with Crippen molar-refractivity contribution in [1.82, 2.24) is 4.90 Å². The third kappa shape index (κ3) is 4.10. The molecular weight excluding hydrogens is 475 g/mol. The van der Waals surface area contributed by atoms with E-state index in [0.29, 0.717) is 16.7 Å². The SMILES string of the molecule is C[C@H](SC1=Nc2ccccc2C2=N[C@H](c3ccccc3)C(=O)N12)C(=O)Nc1ccc(Cl)cc1F. The number of halogens is 2. The molecule has 3 aromatic carbocycles. The Balaban J connectivity index is 1.43. The van der Waals surface area contributed by atoms with Crippen molar-refractivity contribution in [2.24, 2.45) is 9.98 Å². The molecule has 34 heavy (non-hydrogen) atoms. The Hall–Kier alpha value is -3.49. The zero-order valence-electron chi connectivity index (χ0n) is 17.9. The number of fused-ring (bicyclic) bond motifs is 3. The summed E-state index contributed by atoms with van der Waals surface area (Å²) in [6.45, 7) is 1.67. The van der Waals surface area contributed by atoms with Crippen LogP contribution in [0.2, 0.25) is 5.02 Å². The first kappa shape index (κ1) is 22.3. The molecule has 0 unspecified atom stereocenters. The number of carbonyl (C=O) groups excluding carboxylic acids is 2. The topological polar surface area (TPSA) is 74.1 Å². The highest BCUT2D eigenvalue weighted by Crippen LogP contribution is 2.38. The molecule has 0 fully saturated rings. The van der Waals surface area contributed by atoms with Crippen LogP contribution in [0.1, 0.15) is 24.1 Å². The predicted octanol–water partition coefficient (Wildman–Crippen LogP) is 5.57. The molecular formula is C25H18ClFN4O2S. The molecule has 2 atom stereocenters. The molecule has 6 nitrogen and oxygen atoms in total. The van der Waals surface area contributed by atoms with Gasteiger partial charge in [-0.15, -0.1) is 0 Å². The van der Waals surface area contributed by atoms with Gasteiger partial charge < -0.3 is 5.32 Å². The fourth-order valence-corrected chi connectivity index (χ4v) is 4.79. The standard InChI is InChI=1S/C25H18ClFN4O2S/c1-14(23(32)28-20-12-11-16(26)13-18(20)27)34-25-29-19-10-6-5-9-17(19)22-30-21(24(33)31(22)25)15-7-3-2-4-8-15/h2-14,21H,1H3,(H,28,32)/t14-,21+/m0/s1. The van der Waals surface area contributed by atoms with Gasteiger partial charge in [0.15, 0.2) is 11.2 Å². The minimum Gasteiger partial charge on any atom is -0.323 e. The highest BCUT2D eigenvalue weighted by atomic mass is 35.5. The van der Waals surface area contributed by atoms with Gasteiger partial charge >= 0.3 is 0 Å². The summed E-state index contributed by atoms with van der Waals surface area (Å²) in [5.74, 6) is -0.795. The highest BCUT2D eigenvalue weighted by molar-refractivity contribution is 8.15. The van der Waals surface area contributed by atoms with E-state index in [1.54, 1.807) is 6.92 Å². The van der Waals surface area contributed by atoms with Gasteiger partial charge in [0.05, 0.1) is 16.6 Å². The van der Waals surface area contributed by atoms with Crippen molar-refractivity contribution >= 4 is 57.6 Å². The zero-order valence-corrected chi connectivity index (χ0v) is 19.5. The number of anilines is 1. The number of rotatable bonds is 4. The lowest BCUT2D eigenvalue weighted by molar-refractivity contribution is -0.124. The van der Waals surface area contributed by atoms with E-state index in [2.05, 4.69) is 10.3 Å². The number of thioether (sulfide) groups is 1. The van der Waals surface area contributed by atoms with Gasteiger partial charge in [-0.3, -0.25) is 9.59 Å². The van der Waals surface area contributed by atoms with E-state index in [4.69, 9.17) is 16.6 Å². The summed E-state index contributed by atoms with van der Waals surface area (Å²) < 4.78 is 14.1. The van der Waals surface area contributed by atoms with Gasteiger partial charge in [-0.1, -0.05) is 65.8 Å². The Bertz CT molecular complexity index is 1360. The molecule has 0 aromatic heterocycles. The maximum atomic E-state index is 14.1. The zero-order chi connectivity index (χ0) is 23.8. The van der Waals surface area contributed by atoms with E-state index in [1.165, 1.54) is 17.0 Å². The molecule has 2 aliphatic heterocycles. The number of amidine groups is 2. The van der Waals surface area contributed by atoms with Crippen molar-refractivity contribution in [2.75, 3.05) is 5.32 Å². The first-order valence-electron chi connectivity index (χ1n) is 10.5. The third-order valence-electron chi connectivity index (χ3n) is 5.43. The minimum absolute atomic E-state index is 0.0291. The van der Waals surface area contributed by atoms with Crippen LogP contribution in [0, 0.1) is 5.82 Å². The molecule has 2 aliphatic rings. The lowest BCUT2D eigenvalue weighted by Crippen LogP contribution is -2.41. The molecule has 0 radical (unpaired) electrons. The molecule has 9 heteroatoms. The molecule has 2 heterocycles. The lowest BCUT2D eigenvalue weighted by atomic mass is 10.1. The first-order chi connectivity index (χ1) is 16.4. The summed E-state index contributed by atoms with van der Waals surface area (Å²) in [5, 5.41) is 2.48. The second-order valence-electron chi connectivity index (χ2n) is 7.72. The van der Waals surface area contributed by atoms with Gasteiger partial charge in [0.25, 0.3) is 5.91 Å². The molecule has 3 aromatic rings. The summed E-state index contributed by atoms with van der Waals surface area (Å²) in [6, 6.07) is 20.1. The number of nitrogens with one attached hydrogen (secondary N) is 1. The van der Waals surface area contributed by atoms with Crippen molar-refractivity contribution in [3.8, 4) is 0 Å². The van der Waals surface area contributed by atoms with Gasteiger partial charge in [-0.05, 0) is 42.8 Å². The fraction of sp³-hybridized carbons (Fsp3) is 0.120. The number of nitrogens with zero attached hydrogens (tertiary/aromatic N) is 3. The monoisotopic (exact) mass is 492 g/mol. The van der Waals surface area contributed by atoms with Crippen molar-refractivity contribution < 1.29 is 14.0 Å². The van der Waals surface area contributed by atoms with Crippen LogP contribution in [0.3, 0.4) is 0 Å². The van der Waals surface area contributed by atoms with Gasteiger partial charge in [0, 0.05) is 10.6 Å². The molecule has 0 saturated carbocycles. The van der Waals surface area contributed by atoms with Gasteiger partial charge in [0.2, 0.25) is 5.91 Å². The van der Waals surface area contributed by atoms with Crippen LogP contribution >= 0.6 is 23.4 Å². The van der Waals surface area contributed by atoms with Crippen LogP contribution in [-0.4, -0.2) is 33.0 Å². The Morgan fingerprint density at radius 3 is 2.62 bits per heavy atom. The van der Waals surface area contributed by atoms with E-state index in [0.717, 1.165) is 29.0 Å². The largest absolute Gasteiger partial charge is 0.323 e. The molecule has 2 amide bonds. The first-order valence-corrected chi connectivity index (χ1v) is 11.8. The second kappa shape index (κ2) is 9.04. The van der Waals surface area contributed by atoms with Gasteiger partial charge in [-0.2, -0.15) is 0 Å². The quantitative estimate of drug-likeness (QED) is 0.517. The summed E-state index contributed by atoms with van der Waals surface area (Å²) in [7, 11) is 0. The van der Waals surface area contributed by atoms with Crippen LogP contribution in [0.25, 0.3) is 0 Å². The normalized spacial score (nSPS) is 17.4. The lowest BCUT2D eigenvalue weighted by Gasteiger charge is -2.26. The number of benzene rings is 3. The highest BCUT2D eigenvalue weighted by Gasteiger charge is 2.42. The summed E-state index contributed by atoms with van der Waals surface area (Å²) in [4.78, 5) is 37.1. The fourth-order valence-electron chi connectivity index (χ4n) is 3.72. The van der Waals surface area contributed by atoms with Crippen LogP contribution in [0.15, 0.2) is 82.8 Å². The average molecular weight is 493 g/mol. The van der Waals surface area contributed by atoms with Crippen LogP contribution in [0.4, 0.5) is 15.8 Å².